The fourth-order valence-corrected chi connectivity index (χ4v) is 2.79. The summed E-state index contributed by atoms with van der Waals surface area (Å²) in [6.45, 7) is 2.13. The van der Waals surface area contributed by atoms with E-state index in [1.165, 1.54) is 29.5 Å². The first kappa shape index (κ1) is 15.1. The highest BCUT2D eigenvalue weighted by atomic mass is 35.5. The van der Waals surface area contributed by atoms with Gasteiger partial charge in [-0.1, -0.05) is 60.2 Å². The molecule has 2 aromatic rings. The number of rotatable bonds is 7. The summed E-state index contributed by atoms with van der Waals surface area (Å²) in [5, 5.41) is 0. The Hall–Kier alpha value is -1.27. The van der Waals surface area contributed by atoms with Crippen molar-refractivity contribution in [1.29, 1.82) is 0 Å². The predicted molar refractivity (Wildman–Crippen MR) is 88.5 cm³/mol. The van der Waals surface area contributed by atoms with Crippen LogP contribution < -0.4 is 0 Å². The van der Waals surface area contributed by atoms with Crippen LogP contribution in [0.25, 0.3) is 0 Å². The number of hydrogen-bond donors (Lipinski definition) is 0. The van der Waals surface area contributed by atoms with Gasteiger partial charge in [-0.2, -0.15) is 0 Å². The molecule has 2 rings (SSSR count). The molecule has 0 saturated heterocycles. The van der Waals surface area contributed by atoms with Crippen molar-refractivity contribution in [2.45, 2.75) is 32.6 Å². The number of alkyl halides is 1. The van der Waals surface area contributed by atoms with Crippen LogP contribution in [0.2, 0.25) is 0 Å². The van der Waals surface area contributed by atoms with E-state index in [0.717, 1.165) is 18.7 Å². The van der Waals surface area contributed by atoms with Gasteiger partial charge in [0.25, 0.3) is 0 Å². The van der Waals surface area contributed by atoms with Gasteiger partial charge >= 0.3 is 0 Å². The van der Waals surface area contributed by atoms with Gasteiger partial charge in [-0.15, -0.1) is 11.6 Å². The van der Waals surface area contributed by atoms with Crippen LogP contribution in [-0.2, 0) is 12.8 Å². The summed E-state index contributed by atoms with van der Waals surface area (Å²) in [4.78, 5) is 0. The molecule has 0 heterocycles. The maximum atomic E-state index is 6.13. The van der Waals surface area contributed by atoms with Crippen LogP contribution in [0.3, 0.4) is 0 Å². The Morgan fingerprint density at radius 3 is 2.25 bits per heavy atom. The zero-order chi connectivity index (χ0) is 14.2. The summed E-state index contributed by atoms with van der Waals surface area (Å²) in [5.74, 6) is 1.34. The Morgan fingerprint density at radius 2 is 1.60 bits per heavy atom. The van der Waals surface area contributed by atoms with Gasteiger partial charge in [0.05, 0.1) is 0 Å². The van der Waals surface area contributed by atoms with Crippen LogP contribution in [0.5, 0.6) is 0 Å². The van der Waals surface area contributed by atoms with E-state index in [1.807, 2.05) is 0 Å². The third-order valence-corrected chi connectivity index (χ3v) is 4.22. The minimum atomic E-state index is 0.586. The molecular formula is C19H23Cl. The van der Waals surface area contributed by atoms with Gasteiger partial charge < -0.3 is 0 Å². The van der Waals surface area contributed by atoms with Gasteiger partial charge in [0, 0.05) is 5.88 Å². The minimum absolute atomic E-state index is 0.586. The van der Waals surface area contributed by atoms with Crippen molar-refractivity contribution in [1.82, 2.24) is 0 Å². The van der Waals surface area contributed by atoms with E-state index in [4.69, 9.17) is 11.6 Å². The first-order valence-corrected chi connectivity index (χ1v) is 7.97. The molecule has 0 saturated carbocycles. The first-order chi connectivity index (χ1) is 9.78. The first-order valence-electron chi connectivity index (χ1n) is 7.43. The summed E-state index contributed by atoms with van der Waals surface area (Å²) in [5.41, 5.74) is 4.15. The molecule has 2 aromatic carbocycles. The minimum Gasteiger partial charge on any atom is -0.126 e. The second kappa shape index (κ2) is 8.11. The Balaban J connectivity index is 1.79. The predicted octanol–water partition coefficient (Wildman–Crippen LogP) is 5.42. The summed E-state index contributed by atoms with van der Waals surface area (Å²) >= 11 is 6.13. The van der Waals surface area contributed by atoms with Gasteiger partial charge in [0.1, 0.15) is 0 Å². The van der Waals surface area contributed by atoms with Crippen molar-refractivity contribution in [2.24, 2.45) is 5.92 Å². The van der Waals surface area contributed by atoms with Gasteiger partial charge in [0.2, 0.25) is 0 Å². The van der Waals surface area contributed by atoms with E-state index in [0.29, 0.717) is 5.92 Å². The third-order valence-electron chi connectivity index (χ3n) is 3.78. The summed E-state index contributed by atoms with van der Waals surface area (Å²) in [7, 11) is 0. The lowest BCUT2D eigenvalue weighted by atomic mass is 9.94. The Bertz CT molecular complexity index is 487. The zero-order valence-electron chi connectivity index (χ0n) is 12.2. The van der Waals surface area contributed by atoms with Gasteiger partial charge in [0.15, 0.2) is 0 Å². The molecule has 0 spiro atoms. The molecule has 0 N–H and O–H groups in total. The van der Waals surface area contributed by atoms with E-state index >= 15 is 0 Å². The SMILES string of the molecule is Cc1ccc(CC(CCl)CCCc2ccccc2)cc1. The lowest BCUT2D eigenvalue weighted by molar-refractivity contribution is 0.513. The molecule has 0 radical (unpaired) electrons. The summed E-state index contributed by atoms with van der Waals surface area (Å²) in [6.07, 6.45) is 4.67. The number of halogens is 1. The topological polar surface area (TPSA) is 0 Å². The zero-order valence-corrected chi connectivity index (χ0v) is 12.9. The van der Waals surface area contributed by atoms with E-state index in [2.05, 4.69) is 61.5 Å². The molecule has 1 unspecified atom stereocenters. The lowest BCUT2D eigenvalue weighted by Crippen LogP contribution is -2.07. The van der Waals surface area contributed by atoms with E-state index < -0.39 is 0 Å². The summed E-state index contributed by atoms with van der Waals surface area (Å²) < 4.78 is 0. The highest BCUT2D eigenvalue weighted by Crippen LogP contribution is 2.18. The highest BCUT2D eigenvalue weighted by molar-refractivity contribution is 6.18. The molecule has 0 aliphatic rings. The standard InChI is InChI=1S/C19H23Cl/c1-16-10-12-18(13-11-16)14-19(15-20)9-5-8-17-6-3-2-4-7-17/h2-4,6-7,10-13,19H,5,8-9,14-15H2,1H3. The number of benzene rings is 2. The average Bonchev–Trinajstić information content (AvgIpc) is 2.49. The third kappa shape index (κ3) is 5.02. The van der Waals surface area contributed by atoms with Crippen molar-refractivity contribution in [2.75, 3.05) is 5.88 Å². The van der Waals surface area contributed by atoms with Gasteiger partial charge in [-0.05, 0) is 49.7 Å². The molecule has 106 valence electrons. The van der Waals surface area contributed by atoms with Crippen LogP contribution in [0, 0.1) is 12.8 Å². The maximum absolute atomic E-state index is 6.13. The fraction of sp³-hybridized carbons (Fsp3) is 0.368. The molecule has 1 heteroatoms. The molecule has 0 amide bonds. The Labute approximate surface area is 127 Å². The molecule has 0 aliphatic heterocycles. The molecule has 1 atom stereocenters. The molecule has 0 fully saturated rings. The van der Waals surface area contributed by atoms with Crippen molar-refractivity contribution < 1.29 is 0 Å². The van der Waals surface area contributed by atoms with Crippen LogP contribution in [0.15, 0.2) is 54.6 Å². The molecular weight excluding hydrogens is 264 g/mol. The maximum Gasteiger partial charge on any atom is 0.0254 e. The van der Waals surface area contributed by atoms with E-state index in [1.54, 1.807) is 0 Å². The summed E-state index contributed by atoms with van der Waals surface area (Å²) in [6, 6.07) is 19.5. The van der Waals surface area contributed by atoms with E-state index in [-0.39, 0.29) is 0 Å². The molecule has 0 aliphatic carbocycles. The van der Waals surface area contributed by atoms with Crippen LogP contribution in [0.4, 0.5) is 0 Å². The van der Waals surface area contributed by atoms with Crippen molar-refractivity contribution in [3.63, 3.8) is 0 Å². The number of hydrogen-bond acceptors (Lipinski definition) is 0. The second-order valence-electron chi connectivity index (χ2n) is 5.59. The number of aryl methyl sites for hydroxylation is 2. The van der Waals surface area contributed by atoms with Crippen LogP contribution in [-0.4, -0.2) is 5.88 Å². The average molecular weight is 287 g/mol. The molecule has 20 heavy (non-hydrogen) atoms. The lowest BCUT2D eigenvalue weighted by Gasteiger charge is -2.14. The van der Waals surface area contributed by atoms with Gasteiger partial charge in [-0.25, -0.2) is 0 Å². The molecule has 0 nitrogen and oxygen atoms in total. The molecule has 0 bridgehead atoms. The van der Waals surface area contributed by atoms with Crippen LogP contribution >= 0.6 is 11.6 Å². The van der Waals surface area contributed by atoms with Crippen molar-refractivity contribution in [3.05, 3.63) is 71.3 Å². The largest absolute Gasteiger partial charge is 0.126 e. The molecule has 0 aromatic heterocycles. The monoisotopic (exact) mass is 286 g/mol. The smallest absolute Gasteiger partial charge is 0.0254 e. The van der Waals surface area contributed by atoms with Gasteiger partial charge in [-0.3, -0.25) is 0 Å². The normalized spacial score (nSPS) is 12.3. The van der Waals surface area contributed by atoms with E-state index in [9.17, 15) is 0 Å². The second-order valence-corrected chi connectivity index (χ2v) is 5.90. The van der Waals surface area contributed by atoms with Crippen LogP contribution in [0.1, 0.15) is 29.5 Å². The quantitative estimate of drug-likeness (QED) is 0.597. The van der Waals surface area contributed by atoms with Crippen molar-refractivity contribution >= 4 is 11.6 Å². The highest BCUT2D eigenvalue weighted by Gasteiger charge is 2.08. The Morgan fingerprint density at radius 1 is 0.900 bits per heavy atom. The fourth-order valence-electron chi connectivity index (χ4n) is 2.53. The Kier molecular flexibility index (Phi) is 6.14. The van der Waals surface area contributed by atoms with Crippen molar-refractivity contribution in [3.8, 4) is 0 Å².